The Balaban J connectivity index is 2.58. The van der Waals surface area contributed by atoms with Gasteiger partial charge in [0.05, 0.1) is 5.56 Å². The van der Waals surface area contributed by atoms with Gasteiger partial charge in [-0.05, 0) is 32.5 Å². The lowest BCUT2D eigenvalue weighted by Crippen LogP contribution is -2.35. The molecule has 1 rings (SSSR count). The highest BCUT2D eigenvalue weighted by molar-refractivity contribution is 5.95. The molecular formula is C15H25FN4O. The van der Waals surface area contributed by atoms with E-state index in [9.17, 15) is 9.18 Å². The fraction of sp³-hybridized carbons (Fsp3) is 0.600. The minimum atomic E-state index is -0.599. The summed E-state index contributed by atoms with van der Waals surface area (Å²) in [5, 5.41) is 5.55. The maximum atomic E-state index is 14.1. The highest BCUT2D eigenvalue weighted by Gasteiger charge is 2.15. The van der Waals surface area contributed by atoms with E-state index in [0.29, 0.717) is 13.1 Å². The predicted molar refractivity (Wildman–Crippen MR) is 83.1 cm³/mol. The van der Waals surface area contributed by atoms with Crippen LogP contribution in [0.2, 0.25) is 0 Å². The fourth-order valence-corrected chi connectivity index (χ4v) is 2.08. The average molecular weight is 296 g/mol. The number of pyridine rings is 1. The Bertz CT molecular complexity index is 453. The van der Waals surface area contributed by atoms with E-state index in [1.165, 1.54) is 12.3 Å². The molecule has 5 nitrogen and oxygen atoms in total. The number of anilines is 1. The Labute approximate surface area is 125 Å². The first kappa shape index (κ1) is 17.4. The summed E-state index contributed by atoms with van der Waals surface area (Å²) >= 11 is 0. The number of rotatable bonds is 9. The largest absolute Gasteiger partial charge is 0.368 e. The zero-order valence-electron chi connectivity index (χ0n) is 13.1. The number of nitrogens with zero attached hydrogens (tertiary/aromatic N) is 2. The van der Waals surface area contributed by atoms with Gasteiger partial charge in [-0.3, -0.25) is 4.79 Å². The fourth-order valence-electron chi connectivity index (χ4n) is 2.08. The van der Waals surface area contributed by atoms with Crippen LogP contribution in [0.4, 0.5) is 10.2 Å². The van der Waals surface area contributed by atoms with E-state index in [1.807, 2.05) is 6.92 Å². The van der Waals surface area contributed by atoms with Crippen molar-refractivity contribution in [3.8, 4) is 0 Å². The Morgan fingerprint density at radius 2 is 2.10 bits per heavy atom. The number of carbonyl (C=O) groups excluding carboxylic acids is 1. The van der Waals surface area contributed by atoms with Gasteiger partial charge in [-0.1, -0.05) is 13.8 Å². The lowest BCUT2D eigenvalue weighted by Gasteiger charge is -2.19. The van der Waals surface area contributed by atoms with Crippen LogP contribution in [0.3, 0.4) is 0 Å². The summed E-state index contributed by atoms with van der Waals surface area (Å²) in [5.74, 6) is -0.884. The normalized spacial score (nSPS) is 10.7. The number of halogens is 1. The molecule has 0 spiro atoms. The van der Waals surface area contributed by atoms with E-state index in [2.05, 4.69) is 34.4 Å². The molecular weight excluding hydrogens is 271 g/mol. The van der Waals surface area contributed by atoms with Crippen LogP contribution >= 0.6 is 0 Å². The van der Waals surface area contributed by atoms with Crippen LogP contribution in [0.5, 0.6) is 0 Å². The van der Waals surface area contributed by atoms with Crippen molar-refractivity contribution in [2.24, 2.45) is 0 Å². The van der Waals surface area contributed by atoms with Crippen molar-refractivity contribution in [1.29, 1.82) is 0 Å². The lowest BCUT2D eigenvalue weighted by atomic mass is 10.2. The van der Waals surface area contributed by atoms with Crippen molar-refractivity contribution in [2.45, 2.75) is 27.2 Å². The Kier molecular flexibility index (Phi) is 7.68. The van der Waals surface area contributed by atoms with Crippen LogP contribution in [0, 0.1) is 5.82 Å². The number of hydrogen-bond acceptors (Lipinski definition) is 4. The van der Waals surface area contributed by atoms with Gasteiger partial charge in [-0.2, -0.15) is 0 Å². The second-order valence-electron chi connectivity index (χ2n) is 4.74. The first-order valence-corrected chi connectivity index (χ1v) is 7.52. The number of amides is 1. The van der Waals surface area contributed by atoms with Crippen LogP contribution in [-0.4, -0.2) is 48.5 Å². The predicted octanol–water partition coefficient (Wildman–Crippen LogP) is 2.11. The summed E-state index contributed by atoms with van der Waals surface area (Å²) in [7, 11) is 0. The second kappa shape index (κ2) is 9.28. The molecule has 0 aliphatic rings. The van der Waals surface area contributed by atoms with Gasteiger partial charge in [-0.15, -0.1) is 0 Å². The van der Waals surface area contributed by atoms with E-state index >= 15 is 0 Å². The molecule has 0 aliphatic heterocycles. The molecule has 0 bridgehead atoms. The molecule has 0 aliphatic carbocycles. The quantitative estimate of drug-likeness (QED) is 0.733. The smallest absolute Gasteiger partial charge is 0.254 e. The zero-order chi connectivity index (χ0) is 15.7. The van der Waals surface area contributed by atoms with Crippen LogP contribution in [0.1, 0.15) is 37.6 Å². The highest BCUT2D eigenvalue weighted by atomic mass is 19.1. The first-order valence-electron chi connectivity index (χ1n) is 7.52. The zero-order valence-corrected chi connectivity index (χ0v) is 13.1. The molecule has 0 saturated heterocycles. The van der Waals surface area contributed by atoms with Gasteiger partial charge in [0.1, 0.15) is 0 Å². The molecule has 21 heavy (non-hydrogen) atoms. The van der Waals surface area contributed by atoms with Crippen LogP contribution < -0.4 is 10.6 Å². The summed E-state index contributed by atoms with van der Waals surface area (Å²) in [6.45, 7) is 9.82. The minimum absolute atomic E-state index is 0.0273. The van der Waals surface area contributed by atoms with Gasteiger partial charge in [0, 0.05) is 25.8 Å². The summed E-state index contributed by atoms with van der Waals surface area (Å²) in [4.78, 5) is 18.2. The van der Waals surface area contributed by atoms with Crippen LogP contribution in [0.15, 0.2) is 12.3 Å². The molecule has 118 valence electrons. The monoisotopic (exact) mass is 296 g/mol. The number of carbonyl (C=O) groups is 1. The summed E-state index contributed by atoms with van der Waals surface area (Å²) in [6, 6.07) is 1.40. The van der Waals surface area contributed by atoms with E-state index < -0.39 is 11.7 Å². The molecule has 2 N–H and O–H groups in total. The van der Waals surface area contributed by atoms with Gasteiger partial charge in [0.2, 0.25) is 0 Å². The number of hydrogen-bond donors (Lipinski definition) is 2. The van der Waals surface area contributed by atoms with Crippen molar-refractivity contribution in [2.75, 3.05) is 38.0 Å². The van der Waals surface area contributed by atoms with E-state index in [4.69, 9.17) is 0 Å². The lowest BCUT2D eigenvalue weighted by molar-refractivity contribution is 0.0944. The third-order valence-corrected chi connectivity index (χ3v) is 3.18. The van der Waals surface area contributed by atoms with E-state index in [-0.39, 0.29) is 11.4 Å². The van der Waals surface area contributed by atoms with Crippen molar-refractivity contribution in [3.05, 3.63) is 23.6 Å². The maximum Gasteiger partial charge on any atom is 0.254 e. The molecule has 1 amide bonds. The van der Waals surface area contributed by atoms with Crippen molar-refractivity contribution >= 4 is 11.7 Å². The van der Waals surface area contributed by atoms with E-state index in [1.54, 1.807) is 0 Å². The Morgan fingerprint density at radius 3 is 2.71 bits per heavy atom. The molecule has 0 saturated carbocycles. The van der Waals surface area contributed by atoms with Gasteiger partial charge >= 0.3 is 0 Å². The van der Waals surface area contributed by atoms with Crippen molar-refractivity contribution in [1.82, 2.24) is 15.2 Å². The molecule has 0 radical (unpaired) electrons. The number of aromatic nitrogens is 1. The SMILES string of the molecule is CCCN(CC)CCNC(=O)c1ccnc(NCC)c1F. The van der Waals surface area contributed by atoms with E-state index in [0.717, 1.165) is 26.1 Å². The highest BCUT2D eigenvalue weighted by Crippen LogP contribution is 2.14. The molecule has 0 aromatic carbocycles. The van der Waals surface area contributed by atoms with Crippen molar-refractivity contribution in [3.63, 3.8) is 0 Å². The van der Waals surface area contributed by atoms with Gasteiger partial charge in [-0.25, -0.2) is 9.37 Å². The molecule has 1 heterocycles. The minimum Gasteiger partial charge on any atom is -0.368 e. The first-order chi connectivity index (χ1) is 10.1. The van der Waals surface area contributed by atoms with Gasteiger partial charge < -0.3 is 15.5 Å². The Hall–Kier alpha value is -1.69. The van der Waals surface area contributed by atoms with Crippen LogP contribution in [-0.2, 0) is 0 Å². The molecule has 1 aromatic rings. The van der Waals surface area contributed by atoms with Gasteiger partial charge in [0.15, 0.2) is 11.6 Å². The molecule has 0 unspecified atom stereocenters. The summed E-state index contributed by atoms with van der Waals surface area (Å²) in [5.41, 5.74) is 0.0273. The summed E-state index contributed by atoms with van der Waals surface area (Å²) < 4.78 is 14.1. The van der Waals surface area contributed by atoms with Crippen LogP contribution in [0.25, 0.3) is 0 Å². The standard InChI is InChI=1S/C15H25FN4O/c1-4-10-20(6-3)11-9-19-15(21)12-7-8-18-14(13(12)16)17-5-2/h7-8H,4-6,9-11H2,1-3H3,(H,17,18)(H,19,21). The third-order valence-electron chi connectivity index (χ3n) is 3.18. The molecule has 1 aromatic heterocycles. The Morgan fingerprint density at radius 1 is 1.33 bits per heavy atom. The van der Waals surface area contributed by atoms with Crippen molar-refractivity contribution < 1.29 is 9.18 Å². The second-order valence-corrected chi connectivity index (χ2v) is 4.74. The topological polar surface area (TPSA) is 57.3 Å². The molecule has 6 heteroatoms. The number of nitrogens with one attached hydrogen (secondary N) is 2. The number of likely N-dealkylation sites (N-methyl/N-ethyl adjacent to an activating group) is 1. The average Bonchev–Trinajstić information content (AvgIpc) is 2.48. The van der Waals surface area contributed by atoms with Gasteiger partial charge in [0.25, 0.3) is 5.91 Å². The maximum absolute atomic E-state index is 14.1. The molecule has 0 atom stereocenters. The third kappa shape index (κ3) is 5.30. The summed E-state index contributed by atoms with van der Waals surface area (Å²) in [6.07, 6.45) is 2.51. The molecule has 0 fully saturated rings.